The van der Waals surface area contributed by atoms with E-state index >= 15 is 0 Å². The lowest BCUT2D eigenvalue weighted by Crippen LogP contribution is -2.39. The van der Waals surface area contributed by atoms with Gasteiger partial charge in [0.15, 0.2) is 0 Å². The minimum absolute atomic E-state index is 0.372. The molecule has 2 atom stereocenters. The summed E-state index contributed by atoms with van der Waals surface area (Å²) in [6.45, 7) is 3.96. The molecule has 1 N–H and O–H groups in total. The van der Waals surface area contributed by atoms with Gasteiger partial charge in [-0.1, -0.05) is 97.1 Å². The van der Waals surface area contributed by atoms with Crippen LogP contribution in [0.25, 0.3) is 11.1 Å². The van der Waals surface area contributed by atoms with Gasteiger partial charge in [-0.2, -0.15) is 0 Å². The molecule has 0 aliphatic heterocycles. The molecule has 0 saturated heterocycles. The number of pyridine rings is 1. The highest BCUT2D eigenvalue weighted by Gasteiger charge is 2.40. The summed E-state index contributed by atoms with van der Waals surface area (Å²) in [6.07, 6.45) is 4.50. The molecule has 0 saturated carbocycles. The number of benzene rings is 3. The van der Waals surface area contributed by atoms with Crippen molar-refractivity contribution in [3.8, 4) is 17.0 Å². The van der Waals surface area contributed by atoms with E-state index in [9.17, 15) is 5.11 Å². The monoisotopic (exact) mass is 435 g/mol. The number of methoxy groups -OCH3 is 1. The number of hydrogen-bond acceptors (Lipinski definition) is 3. The van der Waals surface area contributed by atoms with Gasteiger partial charge in [-0.25, -0.2) is 4.98 Å². The summed E-state index contributed by atoms with van der Waals surface area (Å²) in [5.74, 6) is 0.141. The highest BCUT2D eigenvalue weighted by molar-refractivity contribution is 5.65. The van der Waals surface area contributed by atoms with Gasteiger partial charge in [0.05, 0.1) is 12.7 Å². The number of hydrogen-bond donors (Lipinski definition) is 1. The Morgan fingerprint density at radius 1 is 0.909 bits per heavy atom. The van der Waals surface area contributed by atoms with Crippen LogP contribution < -0.4 is 4.74 Å². The molecule has 3 nitrogen and oxygen atoms in total. The van der Waals surface area contributed by atoms with Gasteiger partial charge in [0.25, 0.3) is 0 Å². The van der Waals surface area contributed by atoms with E-state index in [1.807, 2.05) is 72.9 Å². The van der Waals surface area contributed by atoms with Crippen LogP contribution in [0, 0.1) is 0 Å². The molecule has 1 heterocycles. The molecule has 0 aliphatic carbocycles. The first-order valence-corrected chi connectivity index (χ1v) is 11.2. The smallest absolute Gasteiger partial charge is 0.216 e. The molecule has 0 radical (unpaired) electrons. The minimum atomic E-state index is -1.13. The maximum atomic E-state index is 12.3. The number of aliphatic hydroxyl groups is 1. The third-order valence-corrected chi connectivity index (χ3v) is 6.01. The summed E-state index contributed by atoms with van der Waals surface area (Å²) >= 11 is 0. The molecular weight excluding hydrogens is 406 g/mol. The van der Waals surface area contributed by atoms with E-state index in [2.05, 4.69) is 41.9 Å². The first-order chi connectivity index (χ1) is 16.1. The Hall–Kier alpha value is -3.69. The van der Waals surface area contributed by atoms with Crippen molar-refractivity contribution in [1.82, 2.24) is 4.98 Å². The summed E-state index contributed by atoms with van der Waals surface area (Å²) in [6, 6.07) is 32.4. The molecule has 3 aromatic carbocycles. The van der Waals surface area contributed by atoms with Crippen LogP contribution in [0.5, 0.6) is 5.88 Å². The third kappa shape index (κ3) is 5.05. The van der Waals surface area contributed by atoms with E-state index < -0.39 is 5.60 Å². The fraction of sp³-hybridized carbons (Fsp3) is 0.167. The van der Waals surface area contributed by atoms with Crippen molar-refractivity contribution in [3.05, 3.63) is 133 Å². The largest absolute Gasteiger partial charge is 0.481 e. The molecule has 1 aromatic heterocycles. The van der Waals surface area contributed by atoms with Gasteiger partial charge in [0.1, 0.15) is 0 Å². The summed E-state index contributed by atoms with van der Waals surface area (Å²) in [5, 5.41) is 12.3. The maximum Gasteiger partial charge on any atom is 0.216 e. The Bertz CT molecular complexity index is 1180. The van der Waals surface area contributed by atoms with Crippen LogP contribution in [0.2, 0.25) is 0 Å². The number of ether oxygens (including phenoxy) is 1. The molecule has 0 amide bonds. The normalized spacial score (nSPS) is 13.6. The van der Waals surface area contributed by atoms with Gasteiger partial charge < -0.3 is 9.84 Å². The lowest BCUT2D eigenvalue weighted by molar-refractivity contribution is 0.0258. The van der Waals surface area contributed by atoms with E-state index in [1.165, 1.54) is 0 Å². The van der Waals surface area contributed by atoms with Crippen molar-refractivity contribution in [1.29, 1.82) is 0 Å². The van der Waals surface area contributed by atoms with Gasteiger partial charge in [-0.15, -0.1) is 6.58 Å². The van der Waals surface area contributed by atoms with Crippen LogP contribution >= 0.6 is 0 Å². The predicted octanol–water partition coefficient (Wildman–Crippen LogP) is 6.44. The van der Waals surface area contributed by atoms with Crippen LogP contribution in [0.15, 0.2) is 116 Å². The number of rotatable bonds is 9. The van der Waals surface area contributed by atoms with Crippen molar-refractivity contribution in [3.63, 3.8) is 0 Å². The van der Waals surface area contributed by atoms with Gasteiger partial charge in [0, 0.05) is 29.7 Å². The number of nitrogens with zero attached hydrogens (tertiary/aromatic N) is 1. The highest BCUT2D eigenvalue weighted by Crippen LogP contribution is 2.43. The molecule has 0 fully saturated rings. The van der Waals surface area contributed by atoms with Crippen molar-refractivity contribution in [2.75, 3.05) is 7.11 Å². The fourth-order valence-corrected chi connectivity index (χ4v) is 4.55. The summed E-state index contributed by atoms with van der Waals surface area (Å²) in [5.41, 5.74) is 3.83. The Morgan fingerprint density at radius 3 is 2.12 bits per heavy atom. The molecule has 0 spiro atoms. The van der Waals surface area contributed by atoms with Crippen LogP contribution in [0.1, 0.15) is 29.0 Å². The third-order valence-electron chi connectivity index (χ3n) is 6.01. The summed E-state index contributed by atoms with van der Waals surface area (Å²) in [4.78, 5) is 4.64. The van der Waals surface area contributed by atoms with Gasteiger partial charge in [0.2, 0.25) is 5.88 Å². The number of aromatic nitrogens is 1. The molecular formula is C30H29NO2. The Balaban J connectivity index is 1.91. The molecule has 166 valence electrons. The van der Waals surface area contributed by atoms with E-state index in [4.69, 9.17) is 4.74 Å². The van der Waals surface area contributed by atoms with Gasteiger partial charge in [-0.05, 0) is 29.2 Å². The quantitative estimate of drug-likeness (QED) is 0.308. The van der Waals surface area contributed by atoms with Crippen LogP contribution in [0.3, 0.4) is 0 Å². The first kappa shape index (κ1) is 22.5. The SMILES string of the molecule is C=CCC(O)(Cc1ccccc1)C(c1ccccc1)c1cc(-c2ccccc2)cnc1OC. The van der Waals surface area contributed by atoms with E-state index in [-0.39, 0.29) is 5.92 Å². The second-order valence-corrected chi connectivity index (χ2v) is 8.29. The summed E-state index contributed by atoms with van der Waals surface area (Å²) in [7, 11) is 1.62. The molecule has 33 heavy (non-hydrogen) atoms. The Kier molecular flexibility index (Phi) is 7.01. The second-order valence-electron chi connectivity index (χ2n) is 8.29. The van der Waals surface area contributed by atoms with Gasteiger partial charge >= 0.3 is 0 Å². The predicted molar refractivity (Wildman–Crippen MR) is 134 cm³/mol. The van der Waals surface area contributed by atoms with E-state index in [1.54, 1.807) is 13.2 Å². The Labute approximate surface area is 196 Å². The zero-order chi connectivity index (χ0) is 23.1. The topological polar surface area (TPSA) is 42.4 Å². The molecule has 0 aliphatic rings. The lowest BCUT2D eigenvalue weighted by atomic mass is 9.72. The Morgan fingerprint density at radius 2 is 1.52 bits per heavy atom. The first-order valence-electron chi connectivity index (χ1n) is 11.2. The average molecular weight is 436 g/mol. The van der Waals surface area contributed by atoms with Crippen molar-refractivity contribution < 1.29 is 9.84 Å². The van der Waals surface area contributed by atoms with Crippen molar-refractivity contribution >= 4 is 0 Å². The minimum Gasteiger partial charge on any atom is -0.481 e. The van der Waals surface area contributed by atoms with Gasteiger partial charge in [-0.3, -0.25) is 0 Å². The molecule has 2 unspecified atom stereocenters. The van der Waals surface area contributed by atoms with E-state index in [0.717, 1.165) is 27.8 Å². The fourth-order valence-electron chi connectivity index (χ4n) is 4.55. The lowest BCUT2D eigenvalue weighted by Gasteiger charge is -2.37. The van der Waals surface area contributed by atoms with Crippen LogP contribution in [-0.2, 0) is 6.42 Å². The molecule has 3 heteroatoms. The standard InChI is InChI=1S/C30H29NO2/c1-3-19-30(32,21-23-13-7-4-8-14-23)28(25-17-11-6-12-18-25)27-20-26(22-31-29(27)33-2)24-15-9-5-10-16-24/h3-18,20,22,28,32H,1,19,21H2,2H3. The molecule has 4 rings (SSSR count). The van der Waals surface area contributed by atoms with Crippen molar-refractivity contribution in [2.45, 2.75) is 24.4 Å². The zero-order valence-corrected chi connectivity index (χ0v) is 18.9. The van der Waals surface area contributed by atoms with Crippen LogP contribution in [-0.4, -0.2) is 22.8 Å². The second kappa shape index (κ2) is 10.3. The summed E-state index contributed by atoms with van der Waals surface area (Å²) < 4.78 is 5.71. The average Bonchev–Trinajstić information content (AvgIpc) is 2.86. The maximum absolute atomic E-state index is 12.3. The molecule has 4 aromatic rings. The van der Waals surface area contributed by atoms with Crippen LogP contribution in [0.4, 0.5) is 0 Å². The van der Waals surface area contributed by atoms with E-state index in [0.29, 0.717) is 18.7 Å². The highest BCUT2D eigenvalue weighted by atomic mass is 16.5. The van der Waals surface area contributed by atoms with Crippen molar-refractivity contribution in [2.24, 2.45) is 0 Å². The zero-order valence-electron chi connectivity index (χ0n) is 18.9. The molecule has 0 bridgehead atoms.